The number of hydrogen-bond acceptors (Lipinski definition) is 4. The zero-order valence-electron chi connectivity index (χ0n) is 21.8. The number of nitrogens with zero attached hydrogens (tertiary/aromatic N) is 2. The maximum absolute atomic E-state index is 13.3. The fourth-order valence-corrected chi connectivity index (χ4v) is 5.42. The molecule has 198 valence electrons. The second-order valence-corrected chi connectivity index (χ2v) is 10.6. The van der Waals surface area contributed by atoms with Crippen LogP contribution < -0.4 is 20.9 Å². The largest absolute Gasteiger partial charge is 0.489 e. The maximum Gasteiger partial charge on any atom is 0.318 e. The van der Waals surface area contributed by atoms with Crippen molar-refractivity contribution < 1.29 is 14.3 Å². The number of hydrogen-bond donors (Lipinski definition) is 2. The van der Waals surface area contributed by atoms with Crippen molar-refractivity contribution >= 4 is 17.6 Å². The minimum absolute atomic E-state index is 0.0161. The first-order valence-corrected chi connectivity index (χ1v) is 13.2. The molecule has 0 saturated carbocycles. The van der Waals surface area contributed by atoms with Crippen molar-refractivity contribution in [2.45, 2.75) is 45.4 Å². The predicted octanol–water partition coefficient (Wildman–Crippen LogP) is 4.22. The van der Waals surface area contributed by atoms with Crippen molar-refractivity contribution in [3.63, 3.8) is 0 Å². The summed E-state index contributed by atoms with van der Waals surface area (Å²) in [6.45, 7) is 6.02. The van der Waals surface area contributed by atoms with Gasteiger partial charge in [0.1, 0.15) is 18.4 Å². The molecule has 0 unspecified atom stereocenters. The summed E-state index contributed by atoms with van der Waals surface area (Å²) in [5, 5.41) is 5.89. The van der Waals surface area contributed by atoms with E-state index in [1.807, 2.05) is 66.9 Å². The lowest BCUT2D eigenvalue weighted by Gasteiger charge is -2.43. The molecule has 1 saturated heterocycles. The van der Waals surface area contributed by atoms with Crippen molar-refractivity contribution in [2.75, 3.05) is 18.4 Å². The molecule has 2 aliphatic heterocycles. The number of piperidine rings is 1. The van der Waals surface area contributed by atoms with Crippen LogP contribution in [0, 0.1) is 11.8 Å². The van der Waals surface area contributed by atoms with Gasteiger partial charge in [-0.15, -0.1) is 0 Å². The molecule has 1 fully saturated rings. The summed E-state index contributed by atoms with van der Waals surface area (Å²) < 4.78 is 7.67. The van der Waals surface area contributed by atoms with Crippen molar-refractivity contribution in [3.8, 4) is 5.75 Å². The number of likely N-dealkylation sites (tertiary alicyclic amines) is 1. The number of pyridine rings is 1. The molecule has 1 aromatic heterocycles. The van der Waals surface area contributed by atoms with Crippen molar-refractivity contribution in [2.24, 2.45) is 11.8 Å². The summed E-state index contributed by atoms with van der Waals surface area (Å²) in [6.07, 6.45) is 0.965. The fourth-order valence-electron chi connectivity index (χ4n) is 5.42. The van der Waals surface area contributed by atoms with E-state index in [2.05, 4.69) is 10.6 Å². The van der Waals surface area contributed by atoms with Gasteiger partial charge in [-0.3, -0.25) is 9.59 Å². The molecule has 38 heavy (non-hydrogen) atoms. The van der Waals surface area contributed by atoms with Crippen LogP contribution in [-0.2, 0) is 17.9 Å². The summed E-state index contributed by atoms with van der Waals surface area (Å²) in [5.41, 5.74) is 2.72. The van der Waals surface area contributed by atoms with E-state index >= 15 is 0 Å². The lowest BCUT2D eigenvalue weighted by molar-refractivity contribution is -0.118. The molecule has 2 aromatic carbocycles. The highest BCUT2D eigenvalue weighted by atomic mass is 16.5. The SMILES string of the molecule is CC(C)[C@H](NC(=O)N1C[C@@H]2C[C@H](C1)c1cccc(=O)n1C2)C(=O)Nc1ccc(OCc2ccccc2)cc1. The van der Waals surface area contributed by atoms with Crippen LogP contribution in [-0.4, -0.2) is 40.5 Å². The van der Waals surface area contributed by atoms with Crippen molar-refractivity contribution in [1.82, 2.24) is 14.8 Å². The number of carbonyl (C=O) groups is 2. The van der Waals surface area contributed by atoms with E-state index in [0.29, 0.717) is 37.7 Å². The molecule has 5 rings (SSSR count). The van der Waals surface area contributed by atoms with Gasteiger partial charge in [-0.25, -0.2) is 4.79 Å². The summed E-state index contributed by atoms with van der Waals surface area (Å²) in [4.78, 5) is 40.5. The third-order valence-electron chi connectivity index (χ3n) is 7.37. The summed E-state index contributed by atoms with van der Waals surface area (Å²) in [7, 11) is 0. The molecule has 0 spiro atoms. The average molecular weight is 515 g/mol. The van der Waals surface area contributed by atoms with Crippen LogP contribution in [0.5, 0.6) is 5.75 Å². The first-order chi connectivity index (χ1) is 18.4. The second kappa shape index (κ2) is 11.1. The summed E-state index contributed by atoms with van der Waals surface area (Å²) in [6, 6.07) is 21.6. The Kier molecular flexibility index (Phi) is 7.49. The molecular formula is C30H34N4O4. The third kappa shape index (κ3) is 5.74. The Balaban J connectivity index is 1.18. The molecule has 2 N–H and O–H groups in total. The molecule has 2 aliphatic rings. The van der Waals surface area contributed by atoms with Gasteiger partial charge in [-0.05, 0) is 54.2 Å². The number of aromatic nitrogens is 1. The van der Waals surface area contributed by atoms with Crippen LogP contribution in [0.25, 0.3) is 0 Å². The van der Waals surface area contributed by atoms with Gasteiger partial charge in [-0.2, -0.15) is 0 Å². The standard InChI is InChI=1S/C30H34N4O4/c1-20(2)28(29(36)31-24-11-13-25(14-12-24)38-19-21-7-4-3-5-8-21)32-30(37)33-16-22-15-23(18-33)26-9-6-10-27(35)34(26)17-22/h3-14,20,22-23,28H,15-19H2,1-2H3,(H,31,36)(H,32,37)/t22-,23+,28-/m0/s1. The van der Waals surface area contributed by atoms with E-state index in [9.17, 15) is 14.4 Å². The van der Waals surface area contributed by atoms with Gasteiger partial charge in [-0.1, -0.05) is 50.2 Å². The molecule has 2 bridgehead atoms. The topological polar surface area (TPSA) is 92.7 Å². The highest BCUT2D eigenvalue weighted by Gasteiger charge is 2.37. The van der Waals surface area contributed by atoms with Crippen LogP contribution in [0.1, 0.15) is 37.4 Å². The first-order valence-electron chi connectivity index (χ1n) is 13.2. The lowest BCUT2D eigenvalue weighted by Crippen LogP contribution is -2.56. The van der Waals surface area contributed by atoms with Crippen LogP contribution in [0.2, 0.25) is 0 Å². The molecule has 3 heterocycles. The third-order valence-corrected chi connectivity index (χ3v) is 7.37. The molecule has 3 atom stereocenters. The number of anilines is 1. The van der Waals surface area contributed by atoms with Gasteiger partial charge in [0.15, 0.2) is 0 Å². The minimum atomic E-state index is -0.687. The van der Waals surface area contributed by atoms with Gasteiger partial charge in [0.2, 0.25) is 5.91 Å². The van der Waals surface area contributed by atoms with Crippen molar-refractivity contribution in [3.05, 3.63) is 94.4 Å². The number of fused-ring (bicyclic) bond motifs is 4. The molecule has 3 amide bonds. The molecular weight excluding hydrogens is 480 g/mol. The fraction of sp³-hybridized carbons (Fsp3) is 0.367. The Morgan fingerprint density at radius 3 is 2.45 bits per heavy atom. The van der Waals surface area contributed by atoms with Crippen LogP contribution in [0.4, 0.5) is 10.5 Å². The Bertz CT molecular complexity index is 1340. The van der Waals surface area contributed by atoms with Gasteiger partial charge in [0.25, 0.3) is 5.56 Å². The van der Waals surface area contributed by atoms with E-state index in [-0.39, 0.29) is 35.3 Å². The Morgan fingerprint density at radius 1 is 0.947 bits per heavy atom. The number of carbonyl (C=O) groups excluding carboxylic acids is 2. The van der Waals surface area contributed by atoms with E-state index in [0.717, 1.165) is 17.7 Å². The average Bonchev–Trinajstić information content (AvgIpc) is 2.92. The normalized spacial score (nSPS) is 18.9. The Labute approximate surface area is 222 Å². The Hall–Kier alpha value is -4.07. The first kappa shape index (κ1) is 25.6. The highest BCUT2D eigenvalue weighted by molar-refractivity contribution is 5.97. The smallest absolute Gasteiger partial charge is 0.318 e. The number of rotatable bonds is 7. The van der Waals surface area contributed by atoms with Gasteiger partial charge in [0, 0.05) is 43.0 Å². The van der Waals surface area contributed by atoms with E-state index in [1.54, 1.807) is 29.2 Å². The minimum Gasteiger partial charge on any atom is -0.489 e. The van der Waals surface area contributed by atoms with Crippen LogP contribution in [0.3, 0.4) is 0 Å². The lowest BCUT2D eigenvalue weighted by atomic mass is 9.83. The molecule has 3 aromatic rings. The highest BCUT2D eigenvalue weighted by Crippen LogP contribution is 2.35. The number of ether oxygens (including phenoxy) is 1. The molecule has 0 radical (unpaired) electrons. The Morgan fingerprint density at radius 2 is 1.71 bits per heavy atom. The van der Waals surface area contributed by atoms with Crippen molar-refractivity contribution in [1.29, 1.82) is 0 Å². The summed E-state index contributed by atoms with van der Waals surface area (Å²) >= 11 is 0. The number of urea groups is 1. The van der Waals surface area contributed by atoms with E-state index < -0.39 is 6.04 Å². The second-order valence-electron chi connectivity index (χ2n) is 10.6. The van der Waals surface area contributed by atoms with E-state index in [4.69, 9.17) is 4.74 Å². The zero-order valence-corrected chi connectivity index (χ0v) is 21.8. The molecule has 0 aliphatic carbocycles. The predicted molar refractivity (Wildman–Crippen MR) is 146 cm³/mol. The molecule has 8 nitrogen and oxygen atoms in total. The van der Waals surface area contributed by atoms with Gasteiger partial charge >= 0.3 is 6.03 Å². The molecule has 8 heteroatoms. The zero-order chi connectivity index (χ0) is 26.6. The van der Waals surface area contributed by atoms with E-state index in [1.165, 1.54) is 0 Å². The van der Waals surface area contributed by atoms with Crippen LogP contribution in [0.15, 0.2) is 77.6 Å². The van der Waals surface area contributed by atoms with Crippen LogP contribution >= 0.6 is 0 Å². The maximum atomic E-state index is 13.3. The monoisotopic (exact) mass is 514 g/mol. The number of nitrogens with one attached hydrogen (secondary N) is 2. The quantitative estimate of drug-likeness (QED) is 0.494. The number of amides is 3. The van der Waals surface area contributed by atoms with Gasteiger partial charge in [0.05, 0.1) is 0 Å². The summed E-state index contributed by atoms with van der Waals surface area (Å²) in [5.74, 6) is 0.689. The van der Waals surface area contributed by atoms with Gasteiger partial charge < -0.3 is 24.8 Å². The number of benzene rings is 2.